The minimum atomic E-state index is -0.639. The number of hydrogen-bond acceptors (Lipinski definition) is 5. The van der Waals surface area contributed by atoms with E-state index in [0.29, 0.717) is 11.4 Å². The van der Waals surface area contributed by atoms with Crippen molar-refractivity contribution in [2.75, 3.05) is 23.5 Å². The van der Waals surface area contributed by atoms with Crippen LogP contribution in [0.1, 0.15) is 17.3 Å². The first-order chi connectivity index (χ1) is 12.0. The molecule has 0 aliphatic carbocycles. The van der Waals surface area contributed by atoms with E-state index in [0.717, 1.165) is 4.90 Å². The molecular formula is C18H18N2O4S. The predicted molar refractivity (Wildman–Crippen MR) is 97.9 cm³/mol. The number of hydrogen-bond donors (Lipinski definition) is 2. The number of benzene rings is 2. The molecule has 2 aromatic carbocycles. The van der Waals surface area contributed by atoms with Gasteiger partial charge < -0.3 is 15.4 Å². The molecule has 25 heavy (non-hydrogen) atoms. The van der Waals surface area contributed by atoms with Crippen LogP contribution >= 0.6 is 11.8 Å². The lowest BCUT2D eigenvalue weighted by atomic mass is 10.2. The van der Waals surface area contributed by atoms with Gasteiger partial charge in [0.2, 0.25) is 5.91 Å². The van der Waals surface area contributed by atoms with Crippen molar-refractivity contribution in [1.29, 1.82) is 0 Å². The molecule has 0 fully saturated rings. The third-order valence-corrected chi connectivity index (χ3v) is 3.83. The number of nitrogens with one attached hydrogen (secondary N) is 2. The van der Waals surface area contributed by atoms with Gasteiger partial charge in [-0.3, -0.25) is 9.59 Å². The van der Waals surface area contributed by atoms with Crippen LogP contribution in [0.4, 0.5) is 11.4 Å². The van der Waals surface area contributed by atoms with Gasteiger partial charge in [0, 0.05) is 23.2 Å². The third kappa shape index (κ3) is 5.96. The molecule has 0 aliphatic heterocycles. The molecule has 2 rings (SSSR count). The van der Waals surface area contributed by atoms with Crippen molar-refractivity contribution in [3.63, 3.8) is 0 Å². The highest BCUT2D eigenvalue weighted by Crippen LogP contribution is 2.19. The minimum absolute atomic E-state index is 0.239. The Morgan fingerprint density at radius 1 is 1.00 bits per heavy atom. The van der Waals surface area contributed by atoms with Gasteiger partial charge in [-0.1, -0.05) is 12.1 Å². The maximum absolute atomic E-state index is 12.0. The van der Waals surface area contributed by atoms with Crippen LogP contribution < -0.4 is 10.6 Å². The fourth-order valence-electron chi connectivity index (χ4n) is 2.04. The van der Waals surface area contributed by atoms with Gasteiger partial charge in [0.1, 0.15) is 0 Å². The predicted octanol–water partition coefficient (Wildman–Crippen LogP) is 3.16. The molecule has 0 radical (unpaired) electrons. The van der Waals surface area contributed by atoms with Gasteiger partial charge in [-0.2, -0.15) is 0 Å². The number of carbonyl (C=O) groups is 3. The zero-order chi connectivity index (χ0) is 18.2. The van der Waals surface area contributed by atoms with Crippen LogP contribution in [0.3, 0.4) is 0 Å². The van der Waals surface area contributed by atoms with E-state index in [1.165, 1.54) is 13.0 Å². The van der Waals surface area contributed by atoms with Gasteiger partial charge in [0.05, 0.1) is 5.56 Å². The van der Waals surface area contributed by atoms with Gasteiger partial charge in [-0.25, -0.2) is 4.79 Å². The number of thioether (sulfide) groups is 1. The Morgan fingerprint density at radius 2 is 1.68 bits per heavy atom. The Balaban J connectivity index is 1.90. The van der Waals surface area contributed by atoms with E-state index in [2.05, 4.69) is 10.6 Å². The fraction of sp³-hybridized carbons (Fsp3) is 0.167. The number of carbonyl (C=O) groups excluding carboxylic acids is 3. The van der Waals surface area contributed by atoms with Gasteiger partial charge in [-0.05, 0) is 42.7 Å². The molecule has 6 nitrogen and oxygen atoms in total. The summed E-state index contributed by atoms with van der Waals surface area (Å²) in [6, 6.07) is 13.7. The molecule has 0 bridgehead atoms. The average molecular weight is 358 g/mol. The summed E-state index contributed by atoms with van der Waals surface area (Å²) in [7, 11) is 0. The van der Waals surface area contributed by atoms with Crippen LogP contribution in [0.15, 0.2) is 53.4 Å². The minimum Gasteiger partial charge on any atom is -0.452 e. The summed E-state index contributed by atoms with van der Waals surface area (Å²) in [6.07, 6.45) is 1.94. The summed E-state index contributed by atoms with van der Waals surface area (Å²) >= 11 is 1.56. The van der Waals surface area contributed by atoms with Crippen molar-refractivity contribution in [2.45, 2.75) is 11.8 Å². The molecular weight excluding hydrogens is 340 g/mol. The van der Waals surface area contributed by atoms with Crippen molar-refractivity contribution in [3.8, 4) is 0 Å². The smallest absolute Gasteiger partial charge is 0.338 e. The second kappa shape index (κ2) is 8.89. The first kappa shape index (κ1) is 18.5. The van der Waals surface area contributed by atoms with Crippen LogP contribution in [0.25, 0.3) is 0 Å². The highest BCUT2D eigenvalue weighted by Gasteiger charge is 2.11. The summed E-state index contributed by atoms with van der Waals surface area (Å²) in [5, 5.41) is 5.25. The summed E-state index contributed by atoms with van der Waals surface area (Å²) in [4.78, 5) is 36.0. The van der Waals surface area contributed by atoms with E-state index in [1.54, 1.807) is 36.0 Å². The van der Waals surface area contributed by atoms with Crippen molar-refractivity contribution < 1.29 is 19.1 Å². The highest BCUT2D eigenvalue weighted by atomic mass is 32.2. The maximum atomic E-state index is 12.0. The van der Waals surface area contributed by atoms with E-state index in [-0.39, 0.29) is 11.5 Å². The number of rotatable bonds is 6. The Bertz CT molecular complexity index is 792. The first-order valence-corrected chi connectivity index (χ1v) is 8.69. The molecule has 0 unspecified atom stereocenters. The second-order valence-corrected chi connectivity index (χ2v) is 6.00. The molecule has 2 N–H and O–H groups in total. The number of anilines is 2. The molecule has 0 spiro atoms. The fourth-order valence-corrected chi connectivity index (χ4v) is 2.50. The number of ether oxygens (including phenoxy) is 1. The third-order valence-electron chi connectivity index (χ3n) is 3.11. The normalized spacial score (nSPS) is 10.0. The Morgan fingerprint density at radius 3 is 2.36 bits per heavy atom. The SMILES string of the molecule is CSc1cccc(NC(=O)COC(=O)c2cccc(NC(C)=O)c2)c1. The molecule has 7 heteroatoms. The highest BCUT2D eigenvalue weighted by molar-refractivity contribution is 7.98. The molecule has 0 aromatic heterocycles. The van der Waals surface area contributed by atoms with Crippen LogP contribution in [-0.2, 0) is 14.3 Å². The number of amides is 2. The lowest BCUT2D eigenvalue weighted by Crippen LogP contribution is -2.21. The van der Waals surface area contributed by atoms with Gasteiger partial charge in [-0.15, -0.1) is 11.8 Å². The van der Waals surface area contributed by atoms with E-state index < -0.39 is 18.5 Å². The van der Waals surface area contributed by atoms with E-state index in [4.69, 9.17) is 4.74 Å². The monoisotopic (exact) mass is 358 g/mol. The van der Waals surface area contributed by atoms with Gasteiger partial charge >= 0.3 is 5.97 Å². The molecule has 2 aromatic rings. The molecule has 0 saturated carbocycles. The standard InChI is InChI=1S/C18H18N2O4S/c1-12(21)19-14-6-3-5-13(9-14)18(23)24-11-17(22)20-15-7-4-8-16(10-15)25-2/h3-10H,11H2,1-2H3,(H,19,21)(H,20,22). The lowest BCUT2D eigenvalue weighted by Gasteiger charge is -2.08. The summed E-state index contributed by atoms with van der Waals surface area (Å²) < 4.78 is 5.01. The second-order valence-electron chi connectivity index (χ2n) is 5.12. The van der Waals surface area contributed by atoms with E-state index in [9.17, 15) is 14.4 Å². The zero-order valence-electron chi connectivity index (χ0n) is 13.9. The van der Waals surface area contributed by atoms with E-state index in [1.807, 2.05) is 24.5 Å². The largest absolute Gasteiger partial charge is 0.452 e. The lowest BCUT2D eigenvalue weighted by molar-refractivity contribution is -0.119. The van der Waals surface area contributed by atoms with Crippen molar-refractivity contribution >= 4 is 40.9 Å². The summed E-state index contributed by atoms with van der Waals surface area (Å²) in [5.74, 6) is -1.30. The van der Waals surface area contributed by atoms with Crippen LogP contribution in [-0.4, -0.2) is 30.6 Å². The topological polar surface area (TPSA) is 84.5 Å². The zero-order valence-corrected chi connectivity index (χ0v) is 14.7. The quantitative estimate of drug-likeness (QED) is 0.612. The van der Waals surface area contributed by atoms with Gasteiger partial charge in [0.25, 0.3) is 5.91 Å². The van der Waals surface area contributed by atoms with Crippen LogP contribution in [0.5, 0.6) is 0 Å². The number of esters is 1. The van der Waals surface area contributed by atoms with Crippen molar-refractivity contribution in [2.24, 2.45) is 0 Å². The molecule has 0 heterocycles. The van der Waals surface area contributed by atoms with Crippen LogP contribution in [0.2, 0.25) is 0 Å². The molecule has 0 aliphatic rings. The molecule has 130 valence electrons. The van der Waals surface area contributed by atoms with Crippen molar-refractivity contribution in [3.05, 3.63) is 54.1 Å². The Hall–Kier alpha value is -2.80. The van der Waals surface area contributed by atoms with Gasteiger partial charge in [0.15, 0.2) is 6.61 Å². The van der Waals surface area contributed by atoms with E-state index >= 15 is 0 Å². The molecule has 2 amide bonds. The summed E-state index contributed by atoms with van der Waals surface area (Å²) in [5.41, 5.74) is 1.38. The maximum Gasteiger partial charge on any atom is 0.338 e. The Labute approximate surface area is 149 Å². The first-order valence-electron chi connectivity index (χ1n) is 7.46. The van der Waals surface area contributed by atoms with Crippen molar-refractivity contribution in [1.82, 2.24) is 0 Å². The molecule has 0 saturated heterocycles. The van der Waals surface area contributed by atoms with Crippen LogP contribution in [0, 0.1) is 0 Å². The average Bonchev–Trinajstić information content (AvgIpc) is 2.59. The summed E-state index contributed by atoms with van der Waals surface area (Å²) in [6.45, 7) is 0.980. The Kier molecular flexibility index (Phi) is 6.59. The molecule has 0 atom stereocenters.